The van der Waals surface area contributed by atoms with Crippen LogP contribution in [0.25, 0.3) is 5.65 Å². The Morgan fingerprint density at radius 3 is 2.59 bits per heavy atom. The fourth-order valence-corrected chi connectivity index (χ4v) is 2.38. The van der Waals surface area contributed by atoms with Gasteiger partial charge < -0.3 is 9.14 Å². The SMILES string of the molecule is COc1ccc2nc(Cc3ccccc3C(F)(F)F)cn2c1. The Hall–Kier alpha value is -2.50. The molecule has 0 saturated carbocycles. The first-order valence-corrected chi connectivity index (χ1v) is 6.64. The summed E-state index contributed by atoms with van der Waals surface area (Å²) in [4.78, 5) is 4.35. The van der Waals surface area contributed by atoms with E-state index >= 15 is 0 Å². The van der Waals surface area contributed by atoms with Crippen LogP contribution in [0.2, 0.25) is 0 Å². The van der Waals surface area contributed by atoms with Crippen molar-refractivity contribution in [3.8, 4) is 5.75 Å². The number of hydrogen-bond acceptors (Lipinski definition) is 2. The summed E-state index contributed by atoms with van der Waals surface area (Å²) in [5.74, 6) is 0.659. The maximum atomic E-state index is 13.0. The monoisotopic (exact) mass is 306 g/mol. The van der Waals surface area contributed by atoms with E-state index < -0.39 is 11.7 Å². The van der Waals surface area contributed by atoms with Crippen LogP contribution >= 0.6 is 0 Å². The standard InChI is InChI=1S/C16H13F3N2O/c1-22-13-6-7-15-20-12(9-21(15)10-13)8-11-4-2-3-5-14(11)16(17,18)19/h2-7,9-10H,8H2,1H3. The summed E-state index contributed by atoms with van der Waals surface area (Å²) >= 11 is 0. The lowest BCUT2D eigenvalue weighted by Crippen LogP contribution is -2.09. The maximum absolute atomic E-state index is 13.0. The highest BCUT2D eigenvalue weighted by Gasteiger charge is 2.32. The molecule has 0 atom stereocenters. The smallest absolute Gasteiger partial charge is 0.416 e. The van der Waals surface area contributed by atoms with Gasteiger partial charge in [0, 0.05) is 12.6 Å². The van der Waals surface area contributed by atoms with E-state index in [-0.39, 0.29) is 12.0 Å². The number of aromatic nitrogens is 2. The molecule has 3 rings (SSSR count). The maximum Gasteiger partial charge on any atom is 0.416 e. The normalized spacial score (nSPS) is 11.8. The number of ether oxygens (including phenoxy) is 1. The molecular weight excluding hydrogens is 293 g/mol. The van der Waals surface area contributed by atoms with Gasteiger partial charge in [0.15, 0.2) is 0 Å². The molecular formula is C16H13F3N2O. The van der Waals surface area contributed by atoms with E-state index in [1.807, 2.05) is 0 Å². The van der Waals surface area contributed by atoms with Crippen LogP contribution in [0.4, 0.5) is 13.2 Å². The molecule has 0 bridgehead atoms. The Balaban J connectivity index is 1.97. The first kappa shape index (κ1) is 14.4. The molecule has 1 aromatic carbocycles. The zero-order valence-electron chi connectivity index (χ0n) is 11.8. The molecule has 0 amide bonds. The molecule has 0 fully saturated rings. The summed E-state index contributed by atoms with van der Waals surface area (Å²) in [6.07, 6.45) is -0.787. The van der Waals surface area contributed by atoms with Gasteiger partial charge in [-0.15, -0.1) is 0 Å². The van der Waals surface area contributed by atoms with Crippen LogP contribution in [0.1, 0.15) is 16.8 Å². The predicted molar refractivity (Wildman–Crippen MR) is 76.0 cm³/mol. The van der Waals surface area contributed by atoms with Crippen molar-refractivity contribution in [3.05, 3.63) is 65.6 Å². The molecule has 0 spiro atoms. The number of nitrogens with zero attached hydrogens (tertiary/aromatic N) is 2. The van der Waals surface area contributed by atoms with Gasteiger partial charge >= 0.3 is 6.18 Å². The van der Waals surface area contributed by atoms with Crippen LogP contribution in [0.15, 0.2) is 48.8 Å². The highest BCUT2D eigenvalue weighted by molar-refractivity contribution is 5.44. The third-order valence-electron chi connectivity index (χ3n) is 3.40. The Labute approximate surface area is 125 Å². The number of rotatable bonds is 3. The van der Waals surface area contributed by atoms with Crippen molar-refractivity contribution < 1.29 is 17.9 Å². The van der Waals surface area contributed by atoms with E-state index in [0.29, 0.717) is 17.1 Å². The Kier molecular flexibility index (Phi) is 3.52. The lowest BCUT2D eigenvalue weighted by atomic mass is 10.0. The second-order valence-electron chi connectivity index (χ2n) is 4.90. The van der Waals surface area contributed by atoms with Gasteiger partial charge in [0.1, 0.15) is 11.4 Å². The molecule has 0 radical (unpaired) electrons. The summed E-state index contributed by atoms with van der Waals surface area (Å²) < 4.78 is 45.9. The summed E-state index contributed by atoms with van der Waals surface area (Å²) in [5.41, 5.74) is 0.834. The van der Waals surface area contributed by atoms with E-state index in [1.165, 1.54) is 12.1 Å². The Bertz CT molecular complexity index is 809. The fraction of sp³-hybridized carbons (Fsp3) is 0.188. The molecule has 22 heavy (non-hydrogen) atoms. The Morgan fingerprint density at radius 2 is 1.86 bits per heavy atom. The third kappa shape index (κ3) is 2.77. The minimum atomic E-state index is -4.36. The highest BCUT2D eigenvalue weighted by atomic mass is 19.4. The number of benzene rings is 1. The average molecular weight is 306 g/mol. The second-order valence-corrected chi connectivity index (χ2v) is 4.90. The van der Waals surface area contributed by atoms with Crippen molar-refractivity contribution in [2.75, 3.05) is 7.11 Å². The van der Waals surface area contributed by atoms with Gasteiger partial charge in [-0.05, 0) is 23.8 Å². The van der Waals surface area contributed by atoms with Crippen molar-refractivity contribution in [3.63, 3.8) is 0 Å². The van der Waals surface area contributed by atoms with E-state index in [9.17, 15) is 13.2 Å². The summed E-state index contributed by atoms with van der Waals surface area (Å²) in [7, 11) is 1.55. The number of fused-ring (bicyclic) bond motifs is 1. The van der Waals surface area contributed by atoms with Crippen molar-refractivity contribution in [1.82, 2.24) is 9.38 Å². The van der Waals surface area contributed by atoms with Crippen LogP contribution in [0, 0.1) is 0 Å². The van der Waals surface area contributed by atoms with Crippen LogP contribution in [-0.4, -0.2) is 16.5 Å². The van der Waals surface area contributed by atoms with Crippen LogP contribution in [-0.2, 0) is 12.6 Å². The van der Waals surface area contributed by atoms with Crippen molar-refractivity contribution in [2.24, 2.45) is 0 Å². The summed E-state index contributed by atoms with van der Waals surface area (Å²) in [5, 5.41) is 0. The number of imidazole rings is 1. The molecule has 114 valence electrons. The molecule has 0 aliphatic rings. The van der Waals surface area contributed by atoms with Crippen LogP contribution in [0.5, 0.6) is 5.75 Å². The minimum absolute atomic E-state index is 0.125. The van der Waals surface area contributed by atoms with E-state index in [4.69, 9.17) is 4.74 Å². The summed E-state index contributed by atoms with van der Waals surface area (Å²) in [6.45, 7) is 0. The largest absolute Gasteiger partial charge is 0.495 e. The molecule has 3 aromatic rings. The number of hydrogen-bond donors (Lipinski definition) is 0. The minimum Gasteiger partial charge on any atom is -0.495 e. The van der Waals surface area contributed by atoms with Crippen molar-refractivity contribution >= 4 is 5.65 Å². The van der Waals surface area contributed by atoms with Crippen LogP contribution < -0.4 is 4.74 Å². The number of halogens is 3. The zero-order chi connectivity index (χ0) is 15.7. The zero-order valence-corrected chi connectivity index (χ0v) is 11.8. The number of pyridine rings is 1. The Morgan fingerprint density at radius 1 is 1.09 bits per heavy atom. The molecule has 3 nitrogen and oxygen atoms in total. The predicted octanol–water partition coefficient (Wildman–Crippen LogP) is 3.95. The lowest BCUT2D eigenvalue weighted by molar-refractivity contribution is -0.138. The van der Waals surface area contributed by atoms with Crippen molar-refractivity contribution in [1.29, 1.82) is 0 Å². The van der Waals surface area contributed by atoms with Gasteiger partial charge in [0.05, 0.1) is 24.6 Å². The number of alkyl halides is 3. The molecule has 0 N–H and O–H groups in total. The second kappa shape index (κ2) is 5.36. The third-order valence-corrected chi connectivity index (χ3v) is 3.40. The van der Waals surface area contributed by atoms with Gasteiger partial charge in [-0.1, -0.05) is 18.2 Å². The van der Waals surface area contributed by atoms with Gasteiger partial charge in [0.25, 0.3) is 0 Å². The van der Waals surface area contributed by atoms with Gasteiger partial charge in [0.2, 0.25) is 0 Å². The lowest BCUT2D eigenvalue weighted by Gasteiger charge is -2.11. The molecule has 0 saturated heterocycles. The molecule has 2 heterocycles. The van der Waals surface area contributed by atoms with Gasteiger partial charge in [-0.2, -0.15) is 13.2 Å². The fourth-order valence-electron chi connectivity index (χ4n) is 2.38. The molecule has 0 unspecified atom stereocenters. The molecule has 6 heteroatoms. The topological polar surface area (TPSA) is 26.5 Å². The average Bonchev–Trinajstić information content (AvgIpc) is 2.87. The van der Waals surface area contributed by atoms with E-state index in [1.54, 1.807) is 42.1 Å². The first-order valence-electron chi connectivity index (χ1n) is 6.64. The van der Waals surface area contributed by atoms with Gasteiger partial charge in [-0.25, -0.2) is 4.98 Å². The first-order chi connectivity index (χ1) is 10.5. The van der Waals surface area contributed by atoms with Crippen molar-refractivity contribution in [2.45, 2.75) is 12.6 Å². The van der Waals surface area contributed by atoms with E-state index in [0.717, 1.165) is 6.07 Å². The molecule has 0 aliphatic carbocycles. The van der Waals surface area contributed by atoms with E-state index in [2.05, 4.69) is 4.98 Å². The van der Waals surface area contributed by atoms with Gasteiger partial charge in [-0.3, -0.25) is 0 Å². The molecule has 2 aromatic heterocycles. The molecule has 0 aliphatic heterocycles. The van der Waals surface area contributed by atoms with Crippen LogP contribution in [0.3, 0.4) is 0 Å². The number of methoxy groups -OCH3 is 1. The summed E-state index contributed by atoms with van der Waals surface area (Å²) in [6, 6.07) is 9.08. The quantitative estimate of drug-likeness (QED) is 0.732. The highest BCUT2D eigenvalue weighted by Crippen LogP contribution is 2.32.